The van der Waals surface area contributed by atoms with E-state index in [-0.39, 0.29) is 22.1 Å². The number of urea groups is 2. The topological polar surface area (TPSA) is 134 Å². The zero-order valence-electron chi connectivity index (χ0n) is 16.5. The summed E-state index contributed by atoms with van der Waals surface area (Å²) < 4.78 is 27.3. The van der Waals surface area contributed by atoms with Gasteiger partial charge in [0.15, 0.2) is 0 Å². The number of nitrogens with two attached hydrogens (primary N) is 1. The van der Waals surface area contributed by atoms with Crippen LogP contribution in [0.25, 0.3) is 0 Å². The zero-order chi connectivity index (χ0) is 24.1. The van der Waals surface area contributed by atoms with Crippen molar-refractivity contribution in [2.24, 2.45) is 5.73 Å². The molecule has 0 aliphatic rings. The minimum atomic E-state index is -1.27. The fourth-order valence-electron chi connectivity index (χ4n) is 2.71. The van der Waals surface area contributed by atoms with Crippen LogP contribution >= 0.6 is 11.6 Å². The summed E-state index contributed by atoms with van der Waals surface area (Å²) in [5.41, 5.74) is 4.68. The normalized spacial score (nSPS) is 10.3. The van der Waals surface area contributed by atoms with Crippen LogP contribution < -0.4 is 21.3 Å². The van der Waals surface area contributed by atoms with Crippen LogP contribution in [-0.4, -0.2) is 28.9 Å². The third kappa shape index (κ3) is 5.46. The monoisotopic (exact) mass is 473 g/mol. The van der Waals surface area contributed by atoms with Crippen LogP contribution in [0.3, 0.4) is 0 Å². The Hall–Kier alpha value is -4.38. The van der Waals surface area contributed by atoms with Gasteiger partial charge < -0.3 is 11.1 Å². The van der Waals surface area contributed by atoms with E-state index in [1.165, 1.54) is 42.6 Å². The highest BCUT2D eigenvalue weighted by Crippen LogP contribution is 2.19. The van der Waals surface area contributed by atoms with E-state index < -0.39 is 41.1 Å². The fourth-order valence-corrected chi connectivity index (χ4v) is 2.82. The van der Waals surface area contributed by atoms with Crippen molar-refractivity contribution >= 4 is 46.9 Å². The molecular formula is C21H14ClF2N5O4. The largest absolute Gasteiger partial charge is 0.351 e. The Morgan fingerprint density at radius 3 is 2.12 bits per heavy atom. The summed E-state index contributed by atoms with van der Waals surface area (Å²) in [6.45, 7) is 0. The second-order valence-corrected chi connectivity index (χ2v) is 6.79. The SMILES string of the molecule is NC(=O)N(C(=O)c1ccc(NC(=O)NC(=O)c2c(F)cccc2F)cc1)c1ccc(Cl)nc1. The smallest absolute Gasteiger partial charge is 0.326 e. The Morgan fingerprint density at radius 1 is 0.939 bits per heavy atom. The molecule has 168 valence electrons. The number of anilines is 2. The second kappa shape index (κ2) is 9.83. The van der Waals surface area contributed by atoms with Gasteiger partial charge in [0.2, 0.25) is 0 Å². The van der Waals surface area contributed by atoms with Crippen LogP contribution in [0.15, 0.2) is 60.8 Å². The van der Waals surface area contributed by atoms with Gasteiger partial charge in [0.25, 0.3) is 11.8 Å². The van der Waals surface area contributed by atoms with Crippen LogP contribution in [0.5, 0.6) is 0 Å². The van der Waals surface area contributed by atoms with Crippen LogP contribution in [-0.2, 0) is 0 Å². The minimum absolute atomic E-state index is 0.0409. The molecule has 9 nitrogen and oxygen atoms in total. The first-order valence-electron chi connectivity index (χ1n) is 9.09. The molecule has 2 aromatic carbocycles. The highest BCUT2D eigenvalue weighted by Gasteiger charge is 2.23. The molecule has 33 heavy (non-hydrogen) atoms. The van der Waals surface area contributed by atoms with Crippen molar-refractivity contribution in [1.29, 1.82) is 0 Å². The van der Waals surface area contributed by atoms with Gasteiger partial charge in [0.05, 0.1) is 11.9 Å². The van der Waals surface area contributed by atoms with E-state index in [0.717, 1.165) is 18.2 Å². The van der Waals surface area contributed by atoms with Crippen molar-refractivity contribution in [3.05, 3.63) is 88.7 Å². The molecule has 12 heteroatoms. The standard InChI is InChI=1S/C21H14ClF2N5O4/c22-16-9-8-13(10-26-16)29(20(25)32)19(31)11-4-6-12(7-5-11)27-21(33)28-18(30)17-14(23)2-1-3-15(17)24/h1-10H,(H2,25,32)(H2,27,28,30,33). The predicted molar refractivity (Wildman–Crippen MR) is 115 cm³/mol. The van der Waals surface area contributed by atoms with Crippen molar-refractivity contribution < 1.29 is 28.0 Å². The second-order valence-electron chi connectivity index (χ2n) is 6.40. The Kier molecular flexibility index (Phi) is 6.94. The molecule has 1 aromatic heterocycles. The molecule has 0 radical (unpaired) electrons. The lowest BCUT2D eigenvalue weighted by Gasteiger charge is -2.18. The highest BCUT2D eigenvalue weighted by atomic mass is 35.5. The molecule has 0 fully saturated rings. The van der Waals surface area contributed by atoms with Crippen molar-refractivity contribution in [2.75, 3.05) is 10.2 Å². The van der Waals surface area contributed by atoms with Gasteiger partial charge in [-0.05, 0) is 48.5 Å². The van der Waals surface area contributed by atoms with Crippen LogP contribution in [0.4, 0.5) is 29.7 Å². The summed E-state index contributed by atoms with van der Waals surface area (Å²) in [5.74, 6) is -4.30. The molecule has 0 bridgehead atoms. The van der Waals surface area contributed by atoms with E-state index in [1.54, 1.807) is 5.32 Å². The molecule has 0 saturated carbocycles. The number of nitrogens with one attached hydrogen (secondary N) is 2. The molecule has 3 rings (SSSR count). The maximum Gasteiger partial charge on any atom is 0.326 e. The molecule has 1 heterocycles. The predicted octanol–water partition coefficient (Wildman–Crippen LogP) is 3.70. The Bertz CT molecular complexity index is 1220. The molecule has 0 atom stereocenters. The number of amides is 6. The molecule has 3 aromatic rings. The number of carbonyl (C=O) groups is 4. The van der Waals surface area contributed by atoms with Gasteiger partial charge in [-0.25, -0.2) is 28.3 Å². The van der Waals surface area contributed by atoms with Crippen molar-refractivity contribution in [3.8, 4) is 0 Å². The zero-order valence-corrected chi connectivity index (χ0v) is 17.3. The number of aromatic nitrogens is 1. The Labute approximate surface area is 190 Å². The first-order chi connectivity index (χ1) is 15.7. The number of carbonyl (C=O) groups excluding carboxylic acids is 4. The maximum atomic E-state index is 13.7. The Balaban J connectivity index is 1.69. The summed E-state index contributed by atoms with van der Waals surface area (Å²) in [6, 6.07) is 8.66. The van der Waals surface area contributed by atoms with Gasteiger partial charge in [-0.15, -0.1) is 0 Å². The van der Waals surface area contributed by atoms with Gasteiger partial charge in [-0.1, -0.05) is 17.7 Å². The number of pyridine rings is 1. The summed E-state index contributed by atoms with van der Waals surface area (Å²) in [5, 5.41) is 4.23. The quantitative estimate of drug-likeness (QED) is 0.496. The average Bonchev–Trinajstić information content (AvgIpc) is 2.75. The fraction of sp³-hybridized carbons (Fsp3) is 0. The molecular weight excluding hydrogens is 460 g/mol. The summed E-state index contributed by atoms with van der Waals surface area (Å²) in [7, 11) is 0. The van der Waals surface area contributed by atoms with E-state index in [2.05, 4.69) is 10.3 Å². The van der Waals surface area contributed by atoms with Gasteiger partial charge in [-0.2, -0.15) is 0 Å². The number of hydrogen-bond acceptors (Lipinski definition) is 5. The van der Waals surface area contributed by atoms with Crippen LogP contribution in [0.1, 0.15) is 20.7 Å². The number of benzene rings is 2. The highest BCUT2D eigenvalue weighted by molar-refractivity contribution is 6.29. The molecule has 0 aliphatic heterocycles. The van der Waals surface area contributed by atoms with E-state index >= 15 is 0 Å². The molecule has 0 unspecified atom stereocenters. The number of imide groups is 2. The number of rotatable bonds is 4. The average molecular weight is 474 g/mol. The Morgan fingerprint density at radius 2 is 1.58 bits per heavy atom. The molecule has 4 N–H and O–H groups in total. The van der Waals surface area contributed by atoms with Gasteiger partial charge in [0, 0.05) is 11.3 Å². The number of halogens is 3. The van der Waals surface area contributed by atoms with Gasteiger partial charge >= 0.3 is 12.1 Å². The maximum absolute atomic E-state index is 13.7. The lowest BCUT2D eigenvalue weighted by molar-refractivity contribution is 0.0956. The minimum Gasteiger partial charge on any atom is -0.351 e. The van der Waals surface area contributed by atoms with E-state index in [0.29, 0.717) is 4.90 Å². The summed E-state index contributed by atoms with van der Waals surface area (Å²) >= 11 is 5.70. The molecule has 0 spiro atoms. The van der Waals surface area contributed by atoms with E-state index in [4.69, 9.17) is 17.3 Å². The first kappa shape index (κ1) is 23.3. The van der Waals surface area contributed by atoms with E-state index in [9.17, 15) is 28.0 Å². The lowest BCUT2D eigenvalue weighted by atomic mass is 10.1. The third-order valence-electron chi connectivity index (χ3n) is 4.20. The van der Waals surface area contributed by atoms with E-state index in [1.807, 2.05) is 0 Å². The van der Waals surface area contributed by atoms with Crippen LogP contribution in [0, 0.1) is 11.6 Å². The third-order valence-corrected chi connectivity index (χ3v) is 4.42. The first-order valence-corrected chi connectivity index (χ1v) is 9.47. The van der Waals surface area contributed by atoms with Crippen molar-refractivity contribution in [3.63, 3.8) is 0 Å². The van der Waals surface area contributed by atoms with Crippen molar-refractivity contribution in [1.82, 2.24) is 10.3 Å². The molecule has 0 aliphatic carbocycles. The van der Waals surface area contributed by atoms with Gasteiger partial charge in [-0.3, -0.25) is 14.9 Å². The lowest BCUT2D eigenvalue weighted by Crippen LogP contribution is -2.41. The number of hydrogen-bond donors (Lipinski definition) is 3. The van der Waals surface area contributed by atoms with Crippen LogP contribution in [0.2, 0.25) is 5.15 Å². The number of primary amides is 1. The molecule has 6 amide bonds. The number of nitrogens with zero attached hydrogens (tertiary/aromatic N) is 2. The molecule has 0 saturated heterocycles. The van der Waals surface area contributed by atoms with Gasteiger partial charge in [0.1, 0.15) is 22.4 Å². The summed E-state index contributed by atoms with van der Waals surface area (Å²) in [4.78, 5) is 53.0. The summed E-state index contributed by atoms with van der Waals surface area (Å²) in [6.07, 6.45) is 1.20. The van der Waals surface area contributed by atoms with Crippen molar-refractivity contribution in [2.45, 2.75) is 0 Å².